The number of carboxylic acids is 1. The Hall–Kier alpha value is -0.0500. The number of alkyl halides is 1. The lowest BCUT2D eigenvalue weighted by Gasteiger charge is -2.05. The molecule has 0 unspecified atom stereocenters. The first-order valence-corrected chi connectivity index (χ1v) is 9.97. The van der Waals surface area contributed by atoms with Crippen molar-refractivity contribution in [3.63, 3.8) is 0 Å². The van der Waals surface area contributed by atoms with E-state index in [0.717, 1.165) is 12.8 Å². The number of hydrogen-bond donors (Lipinski definition) is 1. The average molecular weight is 363 g/mol. The minimum Gasteiger partial charge on any atom is -0.480 e. The van der Waals surface area contributed by atoms with Crippen LogP contribution in [-0.2, 0) is 4.79 Å². The largest absolute Gasteiger partial charge is 0.480 e. The zero-order chi connectivity index (χ0) is 15.8. The normalized spacial score (nSPS) is 12.5. The maximum absolute atomic E-state index is 10.6. The fraction of sp³-hybridized carbons (Fsp3) is 0.944. The standard InChI is InChI=1S/C18H35BrO2/c1-2-3-4-5-6-7-8-9-10-11-12-13-14-15-16-17(19)18(20)21/h17H,2-16H2,1H3,(H,20,21)/t17-/m1/s1. The summed E-state index contributed by atoms with van der Waals surface area (Å²) in [4.78, 5) is 10.3. The molecule has 21 heavy (non-hydrogen) atoms. The van der Waals surface area contributed by atoms with Gasteiger partial charge in [-0.25, -0.2) is 0 Å². The number of carbonyl (C=O) groups is 1. The molecule has 2 nitrogen and oxygen atoms in total. The number of hydrogen-bond acceptors (Lipinski definition) is 1. The van der Waals surface area contributed by atoms with Gasteiger partial charge in [0.1, 0.15) is 4.83 Å². The molecule has 0 heterocycles. The third-order valence-electron chi connectivity index (χ3n) is 4.08. The topological polar surface area (TPSA) is 37.3 Å². The fourth-order valence-electron chi connectivity index (χ4n) is 2.64. The molecule has 0 aromatic carbocycles. The van der Waals surface area contributed by atoms with E-state index >= 15 is 0 Å². The van der Waals surface area contributed by atoms with Crippen LogP contribution in [0.5, 0.6) is 0 Å². The molecule has 1 N–H and O–H groups in total. The van der Waals surface area contributed by atoms with Gasteiger partial charge in [0.05, 0.1) is 0 Å². The van der Waals surface area contributed by atoms with Crippen LogP contribution in [0.15, 0.2) is 0 Å². The van der Waals surface area contributed by atoms with Gasteiger partial charge in [-0.2, -0.15) is 0 Å². The Bertz CT molecular complexity index is 231. The molecule has 1 atom stereocenters. The van der Waals surface area contributed by atoms with Crippen LogP contribution in [0.2, 0.25) is 0 Å². The van der Waals surface area contributed by atoms with Gasteiger partial charge in [0.2, 0.25) is 0 Å². The molecule has 3 heteroatoms. The molecule has 0 radical (unpaired) electrons. The molecule has 0 bridgehead atoms. The molecule has 0 saturated heterocycles. The molecule has 0 amide bonds. The summed E-state index contributed by atoms with van der Waals surface area (Å²) in [6.45, 7) is 2.27. The highest BCUT2D eigenvalue weighted by atomic mass is 79.9. The van der Waals surface area contributed by atoms with E-state index in [1.807, 2.05) is 0 Å². The Morgan fingerprint density at radius 2 is 1.10 bits per heavy atom. The SMILES string of the molecule is CCCCCCCCCCCCCCCC[C@@H](Br)C(=O)O. The van der Waals surface area contributed by atoms with E-state index in [1.54, 1.807) is 0 Å². The Balaban J connectivity index is 3.04. The van der Waals surface area contributed by atoms with E-state index in [-0.39, 0.29) is 4.83 Å². The Kier molecular flexibility index (Phi) is 16.3. The Morgan fingerprint density at radius 3 is 1.43 bits per heavy atom. The van der Waals surface area contributed by atoms with E-state index in [2.05, 4.69) is 22.9 Å². The van der Waals surface area contributed by atoms with Gasteiger partial charge in [0, 0.05) is 0 Å². The van der Waals surface area contributed by atoms with Crippen molar-refractivity contribution in [1.29, 1.82) is 0 Å². The number of rotatable bonds is 16. The van der Waals surface area contributed by atoms with Gasteiger partial charge in [-0.15, -0.1) is 0 Å². The summed E-state index contributed by atoms with van der Waals surface area (Å²) in [7, 11) is 0. The zero-order valence-corrected chi connectivity index (χ0v) is 15.5. The monoisotopic (exact) mass is 362 g/mol. The molecule has 0 spiro atoms. The highest BCUT2D eigenvalue weighted by Crippen LogP contribution is 2.15. The van der Waals surface area contributed by atoms with E-state index in [1.165, 1.54) is 83.5 Å². The van der Waals surface area contributed by atoms with E-state index in [9.17, 15) is 4.79 Å². The summed E-state index contributed by atoms with van der Waals surface area (Å²) < 4.78 is 0. The predicted molar refractivity (Wildman–Crippen MR) is 95.3 cm³/mol. The van der Waals surface area contributed by atoms with Crippen molar-refractivity contribution >= 4 is 21.9 Å². The van der Waals surface area contributed by atoms with Crippen LogP contribution in [0.4, 0.5) is 0 Å². The molecule has 126 valence electrons. The summed E-state index contributed by atoms with van der Waals surface area (Å²) in [5.74, 6) is -0.732. The molecule has 0 rings (SSSR count). The van der Waals surface area contributed by atoms with Crippen molar-refractivity contribution in [2.45, 2.75) is 108 Å². The molecule has 0 aliphatic rings. The average Bonchev–Trinajstić information content (AvgIpc) is 2.47. The van der Waals surface area contributed by atoms with E-state index in [0.29, 0.717) is 0 Å². The smallest absolute Gasteiger partial charge is 0.317 e. The van der Waals surface area contributed by atoms with Gasteiger partial charge in [-0.1, -0.05) is 113 Å². The third kappa shape index (κ3) is 16.2. The highest BCUT2D eigenvalue weighted by molar-refractivity contribution is 9.10. The minimum absolute atomic E-state index is 0.352. The summed E-state index contributed by atoms with van der Waals surface area (Å²) in [5.41, 5.74) is 0. The number of aliphatic carboxylic acids is 1. The van der Waals surface area contributed by atoms with Crippen LogP contribution >= 0.6 is 15.9 Å². The fourth-order valence-corrected chi connectivity index (χ4v) is 2.97. The molecule has 0 aromatic rings. The summed E-state index contributed by atoms with van der Waals surface area (Å²) in [6.07, 6.45) is 19.5. The van der Waals surface area contributed by atoms with Gasteiger partial charge in [0.15, 0.2) is 0 Å². The second kappa shape index (κ2) is 16.3. The second-order valence-electron chi connectivity index (χ2n) is 6.19. The molecular weight excluding hydrogens is 328 g/mol. The van der Waals surface area contributed by atoms with Gasteiger partial charge in [-0.3, -0.25) is 4.79 Å². The second-order valence-corrected chi connectivity index (χ2v) is 7.30. The minimum atomic E-state index is -0.732. The van der Waals surface area contributed by atoms with Gasteiger partial charge < -0.3 is 5.11 Å². The van der Waals surface area contributed by atoms with Crippen molar-refractivity contribution < 1.29 is 9.90 Å². The van der Waals surface area contributed by atoms with Crippen LogP contribution in [0, 0.1) is 0 Å². The first kappa shape index (κ1) is 20.9. The molecule has 0 saturated carbocycles. The maximum Gasteiger partial charge on any atom is 0.317 e. The predicted octanol–water partition coefficient (Wildman–Crippen LogP) is 6.71. The lowest BCUT2D eigenvalue weighted by Crippen LogP contribution is -2.11. The van der Waals surface area contributed by atoms with Crippen LogP contribution in [0.25, 0.3) is 0 Å². The van der Waals surface area contributed by atoms with E-state index in [4.69, 9.17) is 5.11 Å². The molecule has 0 aromatic heterocycles. The first-order valence-electron chi connectivity index (χ1n) is 9.05. The van der Waals surface area contributed by atoms with Crippen molar-refractivity contribution in [1.82, 2.24) is 0 Å². The van der Waals surface area contributed by atoms with Crippen LogP contribution in [0.1, 0.15) is 103 Å². The van der Waals surface area contributed by atoms with Gasteiger partial charge in [0.25, 0.3) is 0 Å². The number of unbranched alkanes of at least 4 members (excludes halogenated alkanes) is 13. The Labute approximate surface area is 140 Å². The Morgan fingerprint density at radius 1 is 0.762 bits per heavy atom. The number of halogens is 1. The van der Waals surface area contributed by atoms with Gasteiger partial charge >= 0.3 is 5.97 Å². The van der Waals surface area contributed by atoms with Crippen molar-refractivity contribution in [3.8, 4) is 0 Å². The number of carboxylic acid groups (broad SMARTS) is 1. The summed E-state index contributed by atoms with van der Waals surface area (Å²) >= 11 is 3.18. The molecular formula is C18H35BrO2. The van der Waals surface area contributed by atoms with Crippen LogP contribution < -0.4 is 0 Å². The van der Waals surface area contributed by atoms with Crippen LogP contribution in [0.3, 0.4) is 0 Å². The summed E-state index contributed by atoms with van der Waals surface area (Å²) in [6, 6.07) is 0. The van der Waals surface area contributed by atoms with Gasteiger partial charge in [-0.05, 0) is 6.42 Å². The highest BCUT2D eigenvalue weighted by Gasteiger charge is 2.11. The molecule has 0 fully saturated rings. The van der Waals surface area contributed by atoms with Crippen molar-refractivity contribution in [2.24, 2.45) is 0 Å². The molecule has 0 aliphatic carbocycles. The van der Waals surface area contributed by atoms with Crippen molar-refractivity contribution in [3.05, 3.63) is 0 Å². The first-order chi connectivity index (χ1) is 10.2. The molecule has 0 aliphatic heterocycles. The maximum atomic E-state index is 10.6. The lowest BCUT2D eigenvalue weighted by molar-refractivity contribution is -0.136. The zero-order valence-electron chi connectivity index (χ0n) is 13.9. The van der Waals surface area contributed by atoms with Crippen LogP contribution in [-0.4, -0.2) is 15.9 Å². The quantitative estimate of drug-likeness (QED) is 0.244. The van der Waals surface area contributed by atoms with Crippen molar-refractivity contribution in [2.75, 3.05) is 0 Å². The van der Waals surface area contributed by atoms with E-state index < -0.39 is 5.97 Å². The summed E-state index contributed by atoms with van der Waals surface area (Å²) in [5, 5.41) is 8.74. The third-order valence-corrected chi connectivity index (χ3v) is 4.93. The lowest BCUT2D eigenvalue weighted by atomic mass is 10.0.